The molecule has 0 saturated carbocycles. The molecule has 2 saturated heterocycles. The SMILES string of the molecule is O=C1CC2CCC(C1)N2c1nccs1. The topological polar surface area (TPSA) is 33.2 Å². The minimum absolute atomic E-state index is 0.435. The largest absolute Gasteiger partial charge is 0.341 e. The van der Waals surface area contributed by atoms with Crippen LogP contribution < -0.4 is 4.90 Å². The summed E-state index contributed by atoms with van der Waals surface area (Å²) in [6.07, 6.45) is 5.63. The highest BCUT2D eigenvalue weighted by molar-refractivity contribution is 7.13. The first-order valence-corrected chi connectivity index (χ1v) is 5.92. The van der Waals surface area contributed by atoms with Gasteiger partial charge in [0.15, 0.2) is 5.13 Å². The van der Waals surface area contributed by atoms with Gasteiger partial charge in [-0.15, -0.1) is 11.3 Å². The van der Waals surface area contributed by atoms with Crippen molar-refractivity contribution in [1.29, 1.82) is 0 Å². The Labute approximate surface area is 86.8 Å². The number of hydrogen-bond acceptors (Lipinski definition) is 4. The second-order valence-electron chi connectivity index (χ2n) is 4.05. The first-order chi connectivity index (χ1) is 6.84. The average Bonchev–Trinajstić information content (AvgIpc) is 2.72. The number of thiazole rings is 1. The van der Waals surface area contributed by atoms with Crippen LogP contribution in [0.2, 0.25) is 0 Å². The van der Waals surface area contributed by atoms with Gasteiger partial charge in [0.2, 0.25) is 0 Å². The van der Waals surface area contributed by atoms with Gasteiger partial charge < -0.3 is 4.90 Å². The van der Waals surface area contributed by atoms with Gasteiger partial charge in [-0.2, -0.15) is 0 Å². The molecule has 4 heteroatoms. The summed E-state index contributed by atoms with van der Waals surface area (Å²) < 4.78 is 0. The molecule has 74 valence electrons. The summed E-state index contributed by atoms with van der Waals surface area (Å²) in [7, 11) is 0. The molecule has 0 aliphatic carbocycles. The minimum Gasteiger partial charge on any atom is -0.341 e. The van der Waals surface area contributed by atoms with E-state index in [1.165, 1.54) is 0 Å². The van der Waals surface area contributed by atoms with Gasteiger partial charge in [0.05, 0.1) is 0 Å². The fourth-order valence-electron chi connectivity index (χ4n) is 2.63. The summed E-state index contributed by atoms with van der Waals surface area (Å²) in [5.74, 6) is 0.435. The monoisotopic (exact) mass is 208 g/mol. The van der Waals surface area contributed by atoms with E-state index >= 15 is 0 Å². The van der Waals surface area contributed by atoms with Crippen molar-refractivity contribution in [3.05, 3.63) is 11.6 Å². The number of piperidine rings is 1. The number of carbonyl (C=O) groups is 1. The van der Waals surface area contributed by atoms with Crippen LogP contribution in [0.4, 0.5) is 5.13 Å². The average molecular weight is 208 g/mol. The summed E-state index contributed by atoms with van der Waals surface area (Å²) in [5.41, 5.74) is 0. The Morgan fingerprint density at radius 2 is 2.07 bits per heavy atom. The van der Waals surface area contributed by atoms with Crippen LogP contribution >= 0.6 is 11.3 Å². The molecule has 3 nitrogen and oxygen atoms in total. The Morgan fingerprint density at radius 1 is 1.36 bits per heavy atom. The van der Waals surface area contributed by atoms with Crippen molar-refractivity contribution in [3.63, 3.8) is 0 Å². The first-order valence-electron chi connectivity index (χ1n) is 5.04. The molecule has 2 aliphatic heterocycles. The highest BCUT2D eigenvalue weighted by atomic mass is 32.1. The third-order valence-corrected chi connectivity index (χ3v) is 3.97. The van der Waals surface area contributed by atoms with Gasteiger partial charge in [-0.25, -0.2) is 4.98 Å². The predicted octanol–water partition coefficient (Wildman–Crippen LogP) is 1.84. The lowest BCUT2D eigenvalue weighted by Gasteiger charge is -2.33. The van der Waals surface area contributed by atoms with Crippen molar-refractivity contribution in [1.82, 2.24) is 4.98 Å². The summed E-state index contributed by atoms with van der Waals surface area (Å²) in [4.78, 5) is 18.1. The van der Waals surface area contributed by atoms with Gasteiger partial charge >= 0.3 is 0 Å². The Balaban J connectivity index is 1.92. The van der Waals surface area contributed by atoms with Crippen LogP contribution in [0.1, 0.15) is 25.7 Å². The smallest absolute Gasteiger partial charge is 0.185 e. The van der Waals surface area contributed by atoms with Crippen LogP contribution in [-0.2, 0) is 4.79 Å². The van der Waals surface area contributed by atoms with Crippen molar-refractivity contribution in [2.24, 2.45) is 0 Å². The van der Waals surface area contributed by atoms with E-state index in [0.29, 0.717) is 17.9 Å². The van der Waals surface area contributed by atoms with Crippen molar-refractivity contribution in [2.75, 3.05) is 4.90 Å². The van der Waals surface area contributed by atoms with Crippen LogP contribution in [0, 0.1) is 0 Å². The van der Waals surface area contributed by atoms with Crippen molar-refractivity contribution in [2.45, 2.75) is 37.8 Å². The van der Waals surface area contributed by atoms with Gasteiger partial charge in [0.1, 0.15) is 5.78 Å². The second kappa shape index (κ2) is 3.05. The second-order valence-corrected chi connectivity index (χ2v) is 4.93. The van der Waals surface area contributed by atoms with Gasteiger partial charge in [0, 0.05) is 36.5 Å². The number of fused-ring (bicyclic) bond motifs is 2. The van der Waals surface area contributed by atoms with Crippen LogP contribution in [-0.4, -0.2) is 22.9 Å². The Morgan fingerprint density at radius 3 is 2.64 bits per heavy atom. The van der Waals surface area contributed by atoms with E-state index in [1.54, 1.807) is 11.3 Å². The summed E-state index contributed by atoms with van der Waals surface area (Å²) in [6.45, 7) is 0. The lowest BCUT2D eigenvalue weighted by atomic mass is 10.0. The van der Waals surface area contributed by atoms with E-state index in [4.69, 9.17) is 0 Å². The molecular weight excluding hydrogens is 196 g/mol. The Kier molecular flexibility index (Phi) is 1.83. The molecule has 2 unspecified atom stereocenters. The highest BCUT2D eigenvalue weighted by Gasteiger charge is 2.40. The summed E-state index contributed by atoms with van der Waals surface area (Å²) in [5, 5.41) is 3.11. The molecule has 2 atom stereocenters. The number of carbonyl (C=O) groups excluding carboxylic acids is 1. The molecule has 3 heterocycles. The molecule has 0 amide bonds. The lowest BCUT2D eigenvalue weighted by molar-refractivity contribution is -0.120. The van der Waals surface area contributed by atoms with Gasteiger partial charge in [-0.1, -0.05) is 0 Å². The first kappa shape index (κ1) is 8.41. The quantitative estimate of drug-likeness (QED) is 0.706. The van der Waals surface area contributed by atoms with Crippen LogP contribution in [0.15, 0.2) is 11.6 Å². The molecule has 2 aliphatic rings. The van der Waals surface area contributed by atoms with E-state index in [-0.39, 0.29) is 0 Å². The number of anilines is 1. The summed E-state index contributed by atoms with van der Waals surface area (Å²) in [6, 6.07) is 0.875. The molecule has 0 spiro atoms. The number of aromatic nitrogens is 1. The van der Waals surface area contributed by atoms with Gasteiger partial charge in [-0.05, 0) is 12.8 Å². The number of Topliss-reactive ketones (excluding diaryl/α,β-unsaturated/α-hetero) is 1. The standard InChI is InChI=1S/C10H12N2OS/c13-9-5-7-1-2-8(6-9)12(7)10-11-3-4-14-10/h3-4,7-8H,1-2,5-6H2. The zero-order chi connectivity index (χ0) is 9.54. The molecular formula is C10H12N2OS. The Hall–Kier alpha value is -0.900. The van der Waals surface area contributed by atoms with E-state index < -0.39 is 0 Å². The normalized spacial score (nSPS) is 31.1. The van der Waals surface area contributed by atoms with E-state index in [0.717, 1.165) is 30.8 Å². The van der Waals surface area contributed by atoms with Crippen LogP contribution in [0.5, 0.6) is 0 Å². The maximum Gasteiger partial charge on any atom is 0.185 e. The molecule has 14 heavy (non-hydrogen) atoms. The number of ketones is 1. The van der Waals surface area contributed by atoms with Crippen molar-refractivity contribution >= 4 is 22.3 Å². The van der Waals surface area contributed by atoms with E-state index in [1.807, 2.05) is 11.6 Å². The zero-order valence-electron chi connectivity index (χ0n) is 7.85. The Bertz CT molecular complexity index is 333. The number of hydrogen-bond donors (Lipinski definition) is 0. The molecule has 2 bridgehead atoms. The van der Waals surface area contributed by atoms with E-state index in [9.17, 15) is 4.79 Å². The lowest BCUT2D eigenvalue weighted by Crippen LogP contribution is -2.43. The molecule has 0 radical (unpaired) electrons. The number of rotatable bonds is 1. The maximum atomic E-state index is 11.4. The molecule has 1 aromatic heterocycles. The third kappa shape index (κ3) is 1.17. The fourth-order valence-corrected chi connectivity index (χ4v) is 3.41. The maximum absolute atomic E-state index is 11.4. The van der Waals surface area contributed by atoms with Gasteiger partial charge in [-0.3, -0.25) is 4.79 Å². The molecule has 1 aromatic rings. The van der Waals surface area contributed by atoms with Crippen LogP contribution in [0.25, 0.3) is 0 Å². The minimum atomic E-state index is 0.435. The zero-order valence-corrected chi connectivity index (χ0v) is 8.67. The molecule has 2 fully saturated rings. The molecule has 0 N–H and O–H groups in total. The highest BCUT2D eigenvalue weighted by Crippen LogP contribution is 2.38. The van der Waals surface area contributed by atoms with Crippen LogP contribution in [0.3, 0.4) is 0 Å². The van der Waals surface area contributed by atoms with Crippen molar-refractivity contribution in [3.8, 4) is 0 Å². The molecule has 3 rings (SSSR count). The van der Waals surface area contributed by atoms with Crippen molar-refractivity contribution < 1.29 is 4.79 Å². The molecule has 0 aromatic carbocycles. The van der Waals surface area contributed by atoms with Gasteiger partial charge in [0.25, 0.3) is 0 Å². The van der Waals surface area contributed by atoms with E-state index in [2.05, 4.69) is 9.88 Å². The third-order valence-electron chi connectivity index (χ3n) is 3.19. The fraction of sp³-hybridized carbons (Fsp3) is 0.600. The predicted molar refractivity (Wildman–Crippen MR) is 55.6 cm³/mol. The summed E-state index contributed by atoms with van der Waals surface area (Å²) >= 11 is 1.68. The number of nitrogens with zero attached hydrogens (tertiary/aromatic N) is 2.